The van der Waals surface area contributed by atoms with Crippen LogP contribution in [0.4, 0.5) is 11.6 Å². The molecule has 3 rings (SSSR count). The van der Waals surface area contributed by atoms with E-state index >= 15 is 0 Å². The molecule has 1 aromatic carbocycles. The molecule has 3 aromatic rings. The summed E-state index contributed by atoms with van der Waals surface area (Å²) in [5.41, 5.74) is 7.37. The van der Waals surface area contributed by atoms with Gasteiger partial charge in [-0.2, -0.15) is 5.26 Å². The molecular weight excluding hydrogens is 390 g/mol. The number of aromatic nitrogens is 3. The van der Waals surface area contributed by atoms with Gasteiger partial charge in [-0.3, -0.25) is 4.79 Å². The van der Waals surface area contributed by atoms with Crippen LogP contribution in [0.5, 0.6) is 0 Å². The summed E-state index contributed by atoms with van der Waals surface area (Å²) in [4.78, 5) is 25.4. The predicted octanol–water partition coefficient (Wildman–Crippen LogP) is 3.44. The van der Waals surface area contributed by atoms with Crippen LogP contribution in [-0.2, 0) is 0 Å². The van der Waals surface area contributed by atoms with E-state index in [4.69, 9.17) is 17.3 Å². The second kappa shape index (κ2) is 8.29. The van der Waals surface area contributed by atoms with E-state index in [2.05, 4.69) is 25.6 Å². The standard InChI is InChI=1S/C20H20ClN7O/c1-10(2)26-20(29)13-7-12-5-4-6-15(21)17(12)28-16(13)11(3)27-19-14(8-22)18(23)24-9-25-19/h4-7,9-11H,1-3H3,(H,26,29)(H3,23,24,25,27)/t11-/m0/s1. The van der Waals surface area contributed by atoms with Gasteiger partial charge < -0.3 is 16.4 Å². The van der Waals surface area contributed by atoms with Crippen molar-refractivity contribution >= 4 is 40.0 Å². The molecule has 0 aliphatic heterocycles. The maximum atomic E-state index is 12.8. The van der Waals surface area contributed by atoms with Crippen molar-refractivity contribution in [3.8, 4) is 6.07 Å². The second-order valence-electron chi connectivity index (χ2n) is 6.82. The van der Waals surface area contributed by atoms with Gasteiger partial charge in [-0.1, -0.05) is 23.7 Å². The molecule has 1 atom stereocenters. The number of nitrogens with zero attached hydrogens (tertiary/aromatic N) is 4. The zero-order valence-electron chi connectivity index (χ0n) is 16.2. The Morgan fingerprint density at radius 2 is 2.03 bits per heavy atom. The molecular formula is C20H20ClN7O. The third-order valence-corrected chi connectivity index (χ3v) is 4.55. The molecule has 0 saturated carbocycles. The number of carbonyl (C=O) groups excluding carboxylic acids is 1. The van der Waals surface area contributed by atoms with Crippen molar-refractivity contribution < 1.29 is 4.79 Å². The van der Waals surface area contributed by atoms with Crippen LogP contribution in [0.3, 0.4) is 0 Å². The molecule has 2 aromatic heterocycles. The molecule has 1 amide bonds. The van der Waals surface area contributed by atoms with Crippen LogP contribution >= 0.6 is 11.6 Å². The molecule has 0 radical (unpaired) electrons. The molecule has 0 spiro atoms. The molecule has 9 heteroatoms. The molecule has 0 aliphatic carbocycles. The van der Waals surface area contributed by atoms with E-state index in [1.165, 1.54) is 6.33 Å². The number of benzene rings is 1. The number of carbonyl (C=O) groups is 1. The van der Waals surface area contributed by atoms with Gasteiger partial charge in [0.2, 0.25) is 0 Å². The van der Waals surface area contributed by atoms with Crippen molar-refractivity contribution in [2.24, 2.45) is 0 Å². The fourth-order valence-corrected chi connectivity index (χ4v) is 3.14. The van der Waals surface area contributed by atoms with E-state index < -0.39 is 6.04 Å². The van der Waals surface area contributed by atoms with Gasteiger partial charge in [0, 0.05) is 11.4 Å². The van der Waals surface area contributed by atoms with Crippen LogP contribution < -0.4 is 16.4 Å². The highest BCUT2D eigenvalue weighted by Crippen LogP contribution is 2.29. The lowest BCUT2D eigenvalue weighted by atomic mass is 10.0. The number of hydrogen-bond acceptors (Lipinski definition) is 7. The summed E-state index contributed by atoms with van der Waals surface area (Å²) in [7, 11) is 0. The number of amides is 1. The minimum atomic E-state index is -0.468. The number of fused-ring (bicyclic) bond motifs is 1. The second-order valence-corrected chi connectivity index (χ2v) is 7.23. The van der Waals surface area contributed by atoms with E-state index in [0.717, 1.165) is 5.39 Å². The third kappa shape index (κ3) is 4.20. The first-order chi connectivity index (χ1) is 13.8. The minimum Gasteiger partial charge on any atom is -0.382 e. The summed E-state index contributed by atoms with van der Waals surface area (Å²) >= 11 is 6.31. The molecule has 29 heavy (non-hydrogen) atoms. The van der Waals surface area contributed by atoms with E-state index in [1.54, 1.807) is 18.2 Å². The Labute approximate surface area is 173 Å². The van der Waals surface area contributed by atoms with Crippen LogP contribution in [0.25, 0.3) is 10.9 Å². The maximum Gasteiger partial charge on any atom is 0.253 e. The topological polar surface area (TPSA) is 130 Å². The zero-order chi connectivity index (χ0) is 21.1. The average molecular weight is 410 g/mol. The lowest BCUT2D eigenvalue weighted by Gasteiger charge is -2.20. The van der Waals surface area contributed by atoms with E-state index in [1.807, 2.05) is 32.9 Å². The number of anilines is 2. The molecule has 0 unspecified atom stereocenters. The Bertz CT molecular complexity index is 1120. The number of hydrogen-bond donors (Lipinski definition) is 3. The molecule has 0 saturated heterocycles. The quantitative estimate of drug-likeness (QED) is 0.588. The monoisotopic (exact) mass is 409 g/mol. The highest BCUT2D eigenvalue weighted by molar-refractivity contribution is 6.35. The molecule has 0 aliphatic rings. The molecule has 2 heterocycles. The number of nitrogens with two attached hydrogens (primary N) is 1. The predicted molar refractivity (Wildman–Crippen MR) is 113 cm³/mol. The molecule has 0 fully saturated rings. The van der Waals surface area contributed by atoms with Gasteiger partial charge >= 0.3 is 0 Å². The van der Waals surface area contributed by atoms with E-state index in [0.29, 0.717) is 21.8 Å². The zero-order valence-corrected chi connectivity index (χ0v) is 16.9. The van der Waals surface area contributed by atoms with Gasteiger partial charge in [-0.15, -0.1) is 0 Å². The third-order valence-electron chi connectivity index (χ3n) is 4.24. The maximum absolute atomic E-state index is 12.8. The van der Waals surface area contributed by atoms with Crippen LogP contribution in [0.2, 0.25) is 5.02 Å². The van der Waals surface area contributed by atoms with Crippen molar-refractivity contribution in [1.82, 2.24) is 20.3 Å². The number of pyridine rings is 1. The van der Waals surface area contributed by atoms with E-state index in [-0.39, 0.29) is 29.1 Å². The summed E-state index contributed by atoms with van der Waals surface area (Å²) in [6.07, 6.45) is 1.27. The van der Waals surface area contributed by atoms with Crippen molar-refractivity contribution in [3.63, 3.8) is 0 Å². The first-order valence-electron chi connectivity index (χ1n) is 8.99. The van der Waals surface area contributed by atoms with Gasteiger partial charge in [-0.05, 0) is 32.9 Å². The van der Waals surface area contributed by atoms with Crippen LogP contribution in [0.1, 0.15) is 48.4 Å². The van der Waals surface area contributed by atoms with Crippen LogP contribution in [-0.4, -0.2) is 26.9 Å². The molecule has 8 nitrogen and oxygen atoms in total. The lowest BCUT2D eigenvalue weighted by Crippen LogP contribution is -2.31. The largest absolute Gasteiger partial charge is 0.382 e. The summed E-state index contributed by atoms with van der Waals surface area (Å²) in [6.45, 7) is 5.58. The van der Waals surface area contributed by atoms with Gasteiger partial charge in [0.15, 0.2) is 0 Å². The molecule has 0 bridgehead atoms. The van der Waals surface area contributed by atoms with Crippen molar-refractivity contribution in [2.75, 3.05) is 11.1 Å². The van der Waals surface area contributed by atoms with Gasteiger partial charge in [-0.25, -0.2) is 15.0 Å². The normalized spacial score (nSPS) is 11.9. The Morgan fingerprint density at radius 1 is 1.28 bits per heavy atom. The summed E-state index contributed by atoms with van der Waals surface area (Å²) in [5.74, 6) is 0.0917. The highest BCUT2D eigenvalue weighted by atomic mass is 35.5. The number of rotatable bonds is 5. The number of para-hydroxylation sites is 1. The summed E-state index contributed by atoms with van der Waals surface area (Å²) in [5, 5.41) is 16.6. The van der Waals surface area contributed by atoms with Crippen LogP contribution in [0.15, 0.2) is 30.6 Å². The fraction of sp³-hybridized carbons (Fsp3) is 0.250. The van der Waals surface area contributed by atoms with Crippen molar-refractivity contribution in [1.29, 1.82) is 5.26 Å². The van der Waals surface area contributed by atoms with E-state index in [9.17, 15) is 10.1 Å². The Hall–Kier alpha value is -3.44. The number of halogens is 1. The van der Waals surface area contributed by atoms with Crippen molar-refractivity contribution in [2.45, 2.75) is 32.9 Å². The number of nitrogen functional groups attached to an aromatic ring is 1. The number of nitriles is 1. The van der Waals surface area contributed by atoms with Gasteiger partial charge in [0.05, 0.1) is 27.8 Å². The molecule has 148 valence electrons. The highest BCUT2D eigenvalue weighted by Gasteiger charge is 2.22. The first kappa shape index (κ1) is 20.3. The van der Waals surface area contributed by atoms with Gasteiger partial charge in [0.25, 0.3) is 5.91 Å². The van der Waals surface area contributed by atoms with Crippen molar-refractivity contribution in [3.05, 3.63) is 52.4 Å². The van der Waals surface area contributed by atoms with Gasteiger partial charge in [0.1, 0.15) is 29.6 Å². The van der Waals surface area contributed by atoms with Crippen LogP contribution in [0, 0.1) is 11.3 Å². The lowest BCUT2D eigenvalue weighted by molar-refractivity contribution is 0.0941. The molecule has 4 N–H and O–H groups in total. The smallest absolute Gasteiger partial charge is 0.253 e. The average Bonchev–Trinajstić information content (AvgIpc) is 2.67. The Morgan fingerprint density at radius 3 is 2.72 bits per heavy atom. The SMILES string of the molecule is CC(C)NC(=O)c1cc2cccc(Cl)c2nc1[C@H](C)Nc1ncnc(N)c1C#N. The fourth-order valence-electron chi connectivity index (χ4n) is 2.92. The summed E-state index contributed by atoms with van der Waals surface area (Å²) < 4.78 is 0. The minimum absolute atomic E-state index is 0.0412. The number of nitrogens with one attached hydrogen (secondary N) is 2. The first-order valence-corrected chi connectivity index (χ1v) is 9.36. The Kier molecular flexibility index (Phi) is 5.80. The Balaban J connectivity index is 2.11. The summed E-state index contributed by atoms with van der Waals surface area (Å²) in [6, 6.07) is 8.64.